The second kappa shape index (κ2) is 16.4. The molecular weight excluding hydrogens is 528 g/mol. The van der Waals surface area contributed by atoms with Gasteiger partial charge in [0.1, 0.15) is 12.2 Å². The van der Waals surface area contributed by atoms with Gasteiger partial charge in [0.15, 0.2) is 11.9 Å². The first-order valence-corrected chi connectivity index (χ1v) is 14.6. The van der Waals surface area contributed by atoms with Crippen LogP contribution in [0.1, 0.15) is 43.4 Å². The molecular formula is C36H44O6. The summed E-state index contributed by atoms with van der Waals surface area (Å²) in [7, 11) is 0. The van der Waals surface area contributed by atoms with Gasteiger partial charge in [0.2, 0.25) is 0 Å². The highest BCUT2D eigenvalue weighted by molar-refractivity contribution is 5.15. The Morgan fingerprint density at radius 3 is 1.93 bits per heavy atom. The molecule has 1 fully saturated rings. The number of allylic oxidation sites excluding steroid dienone is 1. The molecule has 4 atom stereocenters. The third-order valence-corrected chi connectivity index (χ3v) is 7.02. The third-order valence-electron chi connectivity index (χ3n) is 7.02. The van der Waals surface area contributed by atoms with E-state index in [1.807, 2.05) is 105 Å². The van der Waals surface area contributed by atoms with Crippen molar-refractivity contribution in [2.24, 2.45) is 0 Å². The topological polar surface area (TPSA) is 55.4 Å². The van der Waals surface area contributed by atoms with Crippen LogP contribution in [0, 0.1) is 0 Å². The van der Waals surface area contributed by atoms with E-state index in [-0.39, 0.29) is 12.7 Å². The molecule has 1 heterocycles. The third kappa shape index (κ3) is 10.5. The molecule has 0 saturated carbocycles. The van der Waals surface area contributed by atoms with Gasteiger partial charge in [0, 0.05) is 6.42 Å². The van der Waals surface area contributed by atoms with Crippen molar-refractivity contribution in [3.05, 3.63) is 133 Å². The zero-order valence-electron chi connectivity index (χ0n) is 24.9. The molecule has 0 N–H and O–H groups in total. The molecule has 1 saturated heterocycles. The van der Waals surface area contributed by atoms with Gasteiger partial charge in [-0.05, 0) is 37.0 Å². The van der Waals surface area contributed by atoms with Crippen LogP contribution in [-0.2, 0) is 48.2 Å². The summed E-state index contributed by atoms with van der Waals surface area (Å²) in [5.74, 6) is 0.0698. The van der Waals surface area contributed by atoms with E-state index < -0.39 is 24.1 Å². The summed E-state index contributed by atoms with van der Waals surface area (Å²) in [6.07, 6.45) is 1.66. The Labute approximate surface area is 250 Å². The molecule has 0 bridgehead atoms. The molecule has 3 aromatic carbocycles. The van der Waals surface area contributed by atoms with Gasteiger partial charge in [-0.1, -0.05) is 104 Å². The van der Waals surface area contributed by atoms with Crippen molar-refractivity contribution >= 4 is 0 Å². The summed E-state index contributed by atoms with van der Waals surface area (Å²) in [4.78, 5) is 0. The van der Waals surface area contributed by atoms with Crippen LogP contribution in [0.4, 0.5) is 0 Å². The van der Waals surface area contributed by atoms with E-state index in [0.29, 0.717) is 38.6 Å². The highest BCUT2D eigenvalue weighted by Gasteiger charge is 2.34. The van der Waals surface area contributed by atoms with E-state index in [1.54, 1.807) is 6.08 Å². The van der Waals surface area contributed by atoms with Crippen molar-refractivity contribution in [1.29, 1.82) is 0 Å². The predicted octanol–water partition coefficient (Wildman–Crippen LogP) is 7.39. The smallest absolute Gasteiger partial charge is 0.163 e. The van der Waals surface area contributed by atoms with Crippen LogP contribution < -0.4 is 0 Å². The van der Waals surface area contributed by atoms with Crippen LogP contribution in [0.2, 0.25) is 0 Å². The lowest BCUT2D eigenvalue weighted by atomic mass is 10.1. The fraction of sp³-hybridized carbons (Fsp3) is 0.389. The van der Waals surface area contributed by atoms with Crippen molar-refractivity contribution in [1.82, 2.24) is 0 Å². The number of benzene rings is 3. The molecule has 224 valence electrons. The van der Waals surface area contributed by atoms with Crippen molar-refractivity contribution in [3.63, 3.8) is 0 Å². The molecule has 0 spiro atoms. The van der Waals surface area contributed by atoms with E-state index in [9.17, 15) is 0 Å². The largest absolute Gasteiger partial charge is 0.490 e. The Morgan fingerprint density at radius 1 is 0.857 bits per heavy atom. The number of hydrogen-bond donors (Lipinski definition) is 0. The maximum absolute atomic E-state index is 6.55. The lowest BCUT2D eigenvalue weighted by Crippen LogP contribution is -2.44. The van der Waals surface area contributed by atoms with Gasteiger partial charge < -0.3 is 28.4 Å². The standard InChI is InChI=1S/C36H44O6/c1-5-33(38-24-30-17-11-7-12-18-30)35(39-25-31-19-13-8-14-20-31)34(27-37-23-29-15-9-6-10-16-29)41-28(2)21-22-32-26-40-36(3,4)42-32/h5-20,32-35H,1-2,21-27H2,3-4H3/t32-,33+,34+,35-/m0/s1. The molecule has 0 aliphatic carbocycles. The highest BCUT2D eigenvalue weighted by Crippen LogP contribution is 2.27. The van der Waals surface area contributed by atoms with Gasteiger partial charge in [-0.3, -0.25) is 0 Å². The fourth-order valence-electron chi connectivity index (χ4n) is 4.81. The molecule has 6 heteroatoms. The maximum atomic E-state index is 6.55. The normalized spacial score (nSPS) is 18.2. The Balaban J connectivity index is 1.48. The summed E-state index contributed by atoms with van der Waals surface area (Å²) >= 11 is 0. The van der Waals surface area contributed by atoms with E-state index in [0.717, 1.165) is 23.1 Å². The van der Waals surface area contributed by atoms with Crippen molar-refractivity contribution in [2.45, 2.75) is 76.7 Å². The van der Waals surface area contributed by atoms with E-state index in [4.69, 9.17) is 28.4 Å². The SMILES string of the molecule is C=C[C@@H](OCc1ccccc1)[C@H](OCc1ccccc1)[C@@H](COCc1ccccc1)OC(=C)CC[C@H]1COC(C)(C)O1. The van der Waals surface area contributed by atoms with Gasteiger partial charge in [-0.25, -0.2) is 0 Å². The molecule has 1 aliphatic heterocycles. The van der Waals surface area contributed by atoms with Crippen molar-refractivity contribution in [3.8, 4) is 0 Å². The maximum Gasteiger partial charge on any atom is 0.163 e. The molecule has 6 nitrogen and oxygen atoms in total. The van der Waals surface area contributed by atoms with Gasteiger partial charge in [0.25, 0.3) is 0 Å². The van der Waals surface area contributed by atoms with Crippen LogP contribution in [-0.4, -0.2) is 43.4 Å². The monoisotopic (exact) mass is 572 g/mol. The van der Waals surface area contributed by atoms with E-state index in [1.165, 1.54) is 0 Å². The van der Waals surface area contributed by atoms with Crippen molar-refractivity contribution in [2.75, 3.05) is 13.2 Å². The minimum absolute atomic E-state index is 0.00612. The average Bonchev–Trinajstić information content (AvgIpc) is 3.37. The van der Waals surface area contributed by atoms with Gasteiger partial charge in [-0.2, -0.15) is 0 Å². The lowest BCUT2D eigenvalue weighted by Gasteiger charge is -2.33. The number of rotatable bonds is 18. The molecule has 0 aromatic heterocycles. The fourth-order valence-corrected chi connectivity index (χ4v) is 4.81. The molecule has 42 heavy (non-hydrogen) atoms. The number of ether oxygens (including phenoxy) is 6. The van der Waals surface area contributed by atoms with E-state index >= 15 is 0 Å². The zero-order valence-corrected chi connectivity index (χ0v) is 24.9. The Bertz CT molecular complexity index is 1200. The summed E-state index contributed by atoms with van der Waals surface area (Å²) < 4.78 is 37.3. The summed E-state index contributed by atoms with van der Waals surface area (Å²) in [6, 6.07) is 30.2. The van der Waals surface area contributed by atoms with Gasteiger partial charge in [0.05, 0.1) is 44.9 Å². The molecule has 0 radical (unpaired) electrons. The molecule has 4 rings (SSSR count). The Morgan fingerprint density at radius 2 is 1.40 bits per heavy atom. The molecule has 0 unspecified atom stereocenters. The second-order valence-electron chi connectivity index (χ2n) is 10.9. The first kappa shape index (κ1) is 31.7. The average molecular weight is 573 g/mol. The summed E-state index contributed by atoms with van der Waals surface area (Å²) in [6.45, 7) is 14.3. The van der Waals surface area contributed by atoms with Gasteiger partial charge >= 0.3 is 0 Å². The first-order valence-electron chi connectivity index (χ1n) is 14.6. The number of hydrogen-bond acceptors (Lipinski definition) is 6. The van der Waals surface area contributed by atoms with Crippen LogP contribution in [0.15, 0.2) is 116 Å². The predicted molar refractivity (Wildman–Crippen MR) is 164 cm³/mol. The molecule has 3 aromatic rings. The van der Waals surface area contributed by atoms with Crippen LogP contribution in [0.25, 0.3) is 0 Å². The zero-order chi connectivity index (χ0) is 29.6. The molecule has 1 aliphatic rings. The minimum Gasteiger partial charge on any atom is -0.490 e. The Hall–Kier alpha value is -3.26. The first-order chi connectivity index (χ1) is 20.4. The van der Waals surface area contributed by atoms with Crippen LogP contribution in [0.3, 0.4) is 0 Å². The lowest BCUT2D eigenvalue weighted by molar-refractivity contribution is -0.144. The quantitative estimate of drug-likeness (QED) is 0.117. The Kier molecular flexibility index (Phi) is 12.4. The van der Waals surface area contributed by atoms with Crippen LogP contribution in [0.5, 0.6) is 0 Å². The van der Waals surface area contributed by atoms with Gasteiger partial charge in [-0.15, -0.1) is 6.58 Å². The second-order valence-corrected chi connectivity index (χ2v) is 10.9. The van der Waals surface area contributed by atoms with Crippen LogP contribution >= 0.6 is 0 Å². The minimum atomic E-state index is -0.565. The summed E-state index contributed by atoms with van der Waals surface area (Å²) in [5, 5.41) is 0. The van der Waals surface area contributed by atoms with Crippen molar-refractivity contribution < 1.29 is 28.4 Å². The highest BCUT2D eigenvalue weighted by atomic mass is 16.7. The summed E-state index contributed by atoms with van der Waals surface area (Å²) in [5.41, 5.74) is 3.20. The molecule has 0 amide bonds. The van der Waals surface area contributed by atoms with E-state index in [2.05, 4.69) is 13.2 Å².